The number of aryl methyl sites for hydroxylation is 1. The Morgan fingerprint density at radius 2 is 1.06 bits per heavy atom. The highest BCUT2D eigenvalue weighted by Crippen LogP contribution is 2.55. The van der Waals surface area contributed by atoms with Crippen LogP contribution in [0.2, 0.25) is 0 Å². The van der Waals surface area contributed by atoms with Gasteiger partial charge in [0.15, 0.2) is 0 Å². The Morgan fingerprint density at radius 1 is 0.434 bits per heavy atom. The lowest BCUT2D eigenvalue weighted by Crippen LogP contribution is -2.17. The molecule has 11 rings (SSSR count). The first-order valence-corrected chi connectivity index (χ1v) is 18.8. The quantitative estimate of drug-likeness (QED) is 0.185. The van der Waals surface area contributed by atoms with Gasteiger partial charge in [-0.2, -0.15) is 0 Å². The summed E-state index contributed by atoms with van der Waals surface area (Å²) in [7, 11) is 0. The zero-order valence-electron chi connectivity index (χ0n) is 30.7. The fourth-order valence-corrected chi connectivity index (χ4v) is 9.97. The molecule has 0 aliphatic heterocycles. The third kappa shape index (κ3) is 4.09. The zero-order valence-corrected chi connectivity index (χ0v) is 30.7. The summed E-state index contributed by atoms with van der Waals surface area (Å²) in [6.45, 7) is 11.8. The Morgan fingerprint density at radius 3 is 1.87 bits per heavy atom. The van der Waals surface area contributed by atoms with Crippen molar-refractivity contribution in [3.05, 3.63) is 173 Å². The third-order valence-corrected chi connectivity index (χ3v) is 12.5. The minimum atomic E-state index is -0.181. The van der Waals surface area contributed by atoms with Gasteiger partial charge < -0.3 is 9.32 Å². The number of para-hydroxylation sites is 2. The van der Waals surface area contributed by atoms with Crippen molar-refractivity contribution in [3.63, 3.8) is 0 Å². The van der Waals surface area contributed by atoms with Crippen LogP contribution in [-0.2, 0) is 10.8 Å². The number of fused-ring (bicyclic) bond motifs is 13. The number of benzene rings is 8. The summed E-state index contributed by atoms with van der Waals surface area (Å²) in [4.78, 5) is 2.45. The second-order valence-corrected chi connectivity index (χ2v) is 16.2. The van der Waals surface area contributed by atoms with Crippen molar-refractivity contribution in [2.45, 2.75) is 45.4 Å². The minimum absolute atomic E-state index is 0.129. The second-order valence-electron chi connectivity index (χ2n) is 16.2. The van der Waals surface area contributed by atoms with Crippen molar-refractivity contribution in [2.24, 2.45) is 0 Å². The van der Waals surface area contributed by atoms with Crippen molar-refractivity contribution >= 4 is 60.5 Å². The molecule has 1 heterocycles. The van der Waals surface area contributed by atoms with Crippen molar-refractivity contribution in [1.29, 1.82) is 0 Å². The Hall–Kier alpha value is -6.12. The summed E-state index contributed by atoms with van der Waals surface area (Å²) in [6.07, 6.45) is 0. The molecule has 53 heavy (non-hydrogen) atoms. The number of hydrogen-bond acceptors (Lipinski definition) is 2. The molecule has 0 saturated carbocycles. The van der Waals surface area contributed by atoms with E-state index in [4.69, 9.17) is 4.42 Å². The highest BCUT2D eigenvalue weighted by molar-refractivity contribution is 6.08. The van der Waals surface area contributed by atoms with E-state index in [0.29, 0.717) is 0 Å². The van der Waals surface area contributed by atoms with Crippen LogP contribution in [-0.4, -0.2) is 0 Å². The van der Waals surface area contributed by atoms with Gasteiger partial charge in [0.25, 0.3) is 0 Å². The lowest BCUT2D eigenvalue weighted by molar-refractivity contribution is 0.658. The molecule has 0 N–H and O–H groups in total. The molecule has 8 aromatic carbocycles. The van der Waals surface area contributed by atoms with Crippen molar-refractivity contribution in [2.75, 3.05) is 4.90 Å². The maximum Gasteiger partial charge on any atom is 0.136 e. The maximum atomic E-state index is 6.36. The van der Waals surface area contributed by atoms with Crippen LogP contribution in [0.5, 0.6) is 0 Å². The van der Waals surface area contributed by atoms with Gasteiger partial charge in [0.2, 0.25) is 0 Å². The van der Waals surface area contributed by atoms with Gasteiger partial charge in [0.1, 0.15) is 11.2 Å². The van der Waals surface area contributed by atoms with E-state index in [1.807, 2.05) is 6.07 Å². The number of furan rings is 1. The average Bonchev–Trinajstić information content (AvgIpc) is 3.73. The van der Waals surface area contributed by atoms with E-state index in [0.717, 1.165) is 22.5 Å². The topological polar surface area (TPSA) is 16.4 Å². The Bertz CT molecular complexity index is 3030. The number of anilines is 3. The zero-order chi connectivity index (χ0) is 35.8. The van der Waals surface area contributed by atoms with Gasteiger partial charge in [-0.15, -0.1) is 0 Å². The van der Waals surface area contributed by atoms with E-state index in [2.05, 4.69) is 179 Å². The van der Waals surface area contributed by atoms with Gasteiger partial charge in [-0.3, -0.25) is 0 Å². The van der Waals surface area contributed by atoms with Gasteiger partial charge in [0, 0.05) is 38.7 Å². The molecule has 0 atom stereocenters. The van der Waals surface area contributed by atoms with E-state index in [1.54, 1.807) is 0 Å². The molecule has 2 aliphatic carbocycles. The predicted molar refractivity (Wildman–Crippen MR) is 223 cm³/mol. The summed E-state index contributed by atoms with van der Waals surface area (Å²) in [5.74, 6) is 0. The van der Waals surface area contributed by atoms with E-state index >= 15 is 0 Å². The largest absolute Gasteiger partial charge is 0.456 e. The molecule has 0 bridgehead atoms. The summed E-state index contributed by atoms with van der Waals surface area (Å²) in [5.41, 5.74) is 17.1. The molecule has 2 heteroatoms. The second kappa shape index (κ2) is 10.5. The van der Waals surface area contributed by atoms with Crippen LogP contribution in [0.1, 0.15) is 55.5 Å². The summed E-state index contributed by atoms with van der Waals surface area (Å²) in [6, 6.07) is 54.1. The number of nitrogens with zero attached hydrogens (tertiary/aromatic N) is 1. The Labute approximate surface area is 309 Å². The first-order chi connectivity index (χ1) is 25.7. The van der Waals surface area contributed by atoms with Crippen molar-refractivity contribution < 1.29 is 4.42 Å². The van der Waals surface area contributed by atoms with E-state index in [9.17, 15) is 0 Å². The molecule has 2 nitrogen and oxygen atoms in total. The molecule has 0 spiro atoms. The molecule has 254 valence electrons. The van der Waals surface area contributed by atoms with Crippen LogP contribution >= 0.6 is 0 Å². The smallest absolute Gasteiger partial charge is 0.136 e. The standard InChI is InChI=1S/C51H39NO/c1-30-12-6-10-16-45(30)52(34-21-25-37-41-29-47-42(38-15-9-11-17-46(38)53-47)28-44(41)50(2,3)43(37)27-34)33-20-24-36-32(26-33)19-23-40-39-22-18-31-13-7-8-14-35(31)48(39)51(4,5)49(36)40/h6-29H,1-5H3. The lowest BCUT2D eigenvalue weighted by Gasteiger charge is -2.30. The molecule has 1 aromatic heterocycles. The Balaban J connectivity index is 1.07. The maximum absolute atomic E-state index is 6.36. The van der Waals surface area contributed by atoms with Gasteiger partial charge in [-0.05, 0) is 127 Å². The van der Waals surface area contributed by atoms with Crippen LogP contribution in [0, 0.1) is 6.92 Å². The van der Waals surface area contributed by atoms with E-state index in [-0.39, 0.29) is 10.8 Å². The Kier molecular flexibility index (Phi) is 6.03. The first kappa shape index (κ1) is 30.5. The lowest BCUT2D eigenvalue weighted by atomic mass is 9.78. The number of rotatable bonds is 3. The number of hydrogen-bond donors (Lipinski definition) is 0. The molecule has 2 aliphatic rings. The van der Waals surface area contributed by atoms with E-state index in [1.165, 1.54) is 88.1 Å². The van der Waals surface area contributed by atoms with Gasteiger partial charge in [-0.1, -0.05) is 125 Å². The highest BCUT2D eigenvalue weighted by atomic mass is 16.3. The van der Waals surface area contributed by atoms with Gasteiger partial charge in [-0.25, -0.2) is 0 Å². The predicted octanol–water partition coefficient (Wildman–Crippen LogP) is 14.3. The van der Waals surface area contributed by atoms with Crippen LogP contribution in [0.15, 0.2) is 150 Å². The molecule has 0 fully saturated rings. The molecule has 0 unspecified atom stereocenters. The average molecular weight is 682 g/mol. The third-order valence-electron chi connectivity index (χ3n) is 12.5. The fourth-order valence-electron chi connectivity index (χ4n) is 9.97. The van der Waals surface area contributed by atoms with Crippen LogP contribution in [0.3, 0.4) is 0 Å². The van der Waals surface area contributed by atoms with Crippen LogP contribution < -0.4 is 4.90 Å². The van der Waals surface area contributed by atoms with Crippen LogP contribution in [0.4, 0.5) is 17.1 Å². The molecule has 0 saturated heterocycles. The molecule has 0 radical (unpaired) electrons. The molecule has 9 aromatic rings. The fraction of sp³-hybridized carbons (Fsp3) is 0.137. The summed E-state index contributed by atoms with van der Waals surface area (Å²) < 4.78 is 6.36. The first-order valence-electron chi connectivity index (χ1n) is 18.8. The van der Waals surface area contributed by atoms with Crippen LogP contribution in [0.25, 0.3) is 65.7 Å². The van der Waals surface area contributed by atoms with Gasteiger partial charge in [0.05, 0.1) is 0 Å². The highest BCUT2D eigenvalue weighted by Gasteiger charge is 2.39. The van der Waals surface area contributed by atoms with Crippen molar-refractivity contribution in [1.82, 2.24) is 0 Å². The summed E-state index contributed by atoms with van der Waals surface area (Å²) >= 11 is 0. The molecule has 0 amide bonds. The van der Waals surface area contributed by atoms with Gasteiger partial charge >= 0.3 is 0 Å². The normalized spacial score (nSPS) is 14.8. The molecular formula is C51H39NO. The monoisotopic (exact) mass is 681 g/mol. The molecular weight excluding hydrogens is 643 g/mol. The SMILES string of the molecule is Cc1ccccc1N(c1ccc2c(c1)C(C)(C)c1cc3c(cc1-2)oc1ccccc13)c1ccc2c3c(ccc2c1)-c1ccc2ccccc2c1C3(C)C. The summed E-state index contributed by atoms with van der Waals surface area (Å²) in [5, 5.41) is 7.59. The minimum Gasteiger partial charge on any atom is -0.456 e. The van der Waals surface area contributed by atoms with E-state index < -0.39 is 0 Å². The van der Waals surface area contributed by atoms with Crippen molar-refractivity contribution in [3.8, 4) is 22.3 Å².